The number of carboxylic acid groups (broad SMARTS) is 1. The van der Waals surface area contributed by atoms with Crippen LogP contribution in [0.25, 0.3) is 0 Å². The minimum Gasteiger partial charge on any atom is -0.481 e. The van der Waals surface area contributed by atoms with Gasteiger partial charge in [0.25, 0.3) is 0 Å². The predicted molar refractivity (Wildman–Crippen MR) is 62.4 cm³/mol. The third kappa shape index (κ3) is 2.23. The molecule has 0 aromatic heterocycles. The number of carbonyl (C=O) groups is 1. The third-order valence-corrected chi connectivity index (χ3v) is 4.25. The van der Waals surface area contributed by atoms with Gasteiger partial charge in [0.15, 0.2) is 0 Å². The second-order valence-corrected chi connectivity index (χ2v) is 5.32. The number of hydrogen-bond donors (Lipinski definition) is 1. The van der Waals surface area contributed by atoms with E-state index in [1.165, 1.54) is 12.8 Å². The minimum atomic E-state index is -0.606. The van der Waals surface area contributed by atoms with E-state index in [1.54, 1.807) is 0 Å². The molecule has 2 fully saturated rings. The van der Waals surface area contributed by atoms with E-state index in [9.17, 15) is 4.79 Å². The Morgan fingerprint density at radius 3 is 2.19 bits per heavy atom. The third-order valence-electron chi connectivity index (χ3n) is 4.25. The summed E-state index contributed by atoms with van der Waals surface area (Å²) in [6, 6.07) is 1.00. The van der Waals surface area contributed by atoms with Crippen LogP contribution >= 0.6 is 0 Å². The molecule has 0 amide bonds. The highest BCUT2D eigenvalue weighted by molar-refractivity contribution is 5.72. The summed E-state index contributed by atoms with van der Waals surface area (Å²) in [4.78, 5) is 15.6. The molecule has 4 heteroatoms. The fourth-order valence-corrected chi connectivity index (χ4v) is 2.94. The quantitative estimate of drug-likeness (QED) is 0.775. The van der Waals surface area contributed by atoms with E-state index in [4.69, 9.17) is 5.11 Å². The Morgan fingerprint density at radius 1 is 1.19 bits per heavy atom. The number of nitrogens with zero attached hydrogens (tertiary/aromatic N) is 2. The van der Waals surface area contributed by atoms with Gasteiger partial charge >= 0.3 is 5.97 Å². The molecule has 16 heavy (non-hydrogen) atoms. The van der Waals surface area contributed by atoms with Crippen LogP contribution < -0.4 is 0 Å². The molecule has 1 saturated carbocycles. The Balaban J connectivity index is 1.83. The molecule has 1 aliphatic heterocycles. The fraction of sp³-hybridized carbons (Fsp3) is 0.917. The van der Waals surface area contributed by atoms with Crippen LogP contribution in [0.3, 0.4) is 0 Å². The van der Waals surface area contributed by atoms with Crippen LogP contribution in [0.4, 0.5) is 0 Å². The summed E-state index contributed by atoms with van der Waals surface area (Å²) in [5.74, 6) is -0.707. The van der Waals surface area contributed by atoms with Gasteiger partial charge in [-0.15, -0.1) is 0 Å². The van der Waals surface area contributed by atoms with Gasteiger partial charge in [0.05, 0.1) is 5.92 Å². The normalized spacial score (nSPS) is 32.7. The largest absolute Gasteiger partial charge is 0.481 e. The lowest BCUT2D eigenvalue weighted by atomic mass is 9.77. The van der Waals surface area contributed by atoms with Crippen molar-refractivity contribution >= 4 is 5.97 Å². The SMILES string of the molecule is CN(C)C1CCN(C2CCC2C(=O)O)CC1. The maximum absolute atomic E-state index is 11.0. The summed E-state index contributed by atoms with van der Waals surface area (Å²) in [5.41, 5.74) is 0. The van der Waals surface area contributed by atoms with Crippen molar-refractivity contribution in [1.29, 1.82) is 0 Å². The molecule has 1 aliphatic carbocycles. The summed E-state index contributed by atoms with van der Waals surface area (Å²) in [6.45, 7) is 2.13. The van der Waals surface area contributed by atoms with Gasteiger partial charge in [-0.3, -0.25) is 9.69 Å². The van der Waals surface area contributed by atoms with Crippen LogP contribution in [-0.4, -0.2) is 60.1 Å². The van der Waals surface area contributed by atoms with E-state index >= 15 is 0 Å². The standard InChI is InChI=1S/C12H22N2O2/c1-13(2)9-5-7-14(8-6-9)11-4-3-10(11)12(15)16/h9-11H,3-8H2,1-2H3,(H,15,16). The van der Waals surface area contributed by atoms with Crippen molar-refractivity contribution in [3.05, 3.63) is 0 Å². The van der Waals surface area contributed by atoms with Crippen LogP contribution in [0, 0.1) is 5.92 Å². The Hall–Kier alpha value is -0.610. The van der Waals surface area contributed by atoms with Crippen molar-refractivity contribution in [2.24, 2.45) is 5.92 Å². The van der Waals surface area contributed by atoms with Gasteiger partial charge in [-0.1, -0.05) is 0 Å². The molecular weight excluding hydrogens is 204 g/mol. The van der Waals surface area contributed by atoms with Gasteiger partial charge < -0.3 is 10.0 Å². The first kappa shape index (κ1) is 11.9. The second-order valence-electron chi connectivity index (χ2n) is 5.32. The Morgan fingerprint density at radius 2 is 1.81 bits per heavy atom. The van der Waals surface area contributed by atoms with Crippen molar-refractivity contribution < 1.29 is 9.90 Å². The van der Waals surface area contributed by atoms with E-state index in [-0.39, 0.29) is 5.92 Å². The molecule has 0 bridgehead atoms. The Bertz CT molecular complexity index is 260. The molecule has 2 aliphatic rings. The summed E-state index contributed by atoms with van der Waals surface area (Å²) >= 11 is 0. The molecule has 0 aromatic rings. The Labute approximate surface area is 97.2 Å². The monoisotopic (exact) mass is 226 g/mol. The maximum atomic E-state index is 11.0. The highest BCUT2D eigenvalue weighted by Gasteiger charge is 2.41. The van der Waals surface area contributed by atoms with Crippen LogP contribution in [-0.2, 0) is 4.79 Å². The number of carboxylic acids is 1. The first-order valence-electron chi connectivity index (χ1n) is 6.23. The van der Waals surface area contributed by atoms with Gasteiger partial charge in [-0.2, -0.15) is 0 Å². The van der Waals surface area contributed by atoms with Gasteiger partial charge in [0.1, 0.15) is 0 Å². The topological polar surface area (TPSA) is 43.8 Å². The molecule has 1 heterocycles. The van der Waals surface area contributed by atoms with Crippen molar-refractivity contribution in [3.8, 4) is 0 Å². The lowest BCUT2D eigenvalue weighted by Crippen LogP contribution is -2.54. The van der Waals surface area contributed by atoms with E-state index in [0.29, 0.717) is 12.1 Å². The fourth-order valence-electron chi connectivity index (χ4n) is 2.94. The predicted octanol–water partition coefficient (Wildman–Crippen LogP) is 0.876. The van der Waals surface area contributed by atoms with Gasteiger partial charge in [0.2, 0.25) is 0 Å². The van der Waals surface area contributed by atoms with E-state index in [1.807, 2.05) is 0 Å². The molecule has 2 unspecified atom stereocenters. The zero-order valence-corrected chi connectivity index (χ0v) is 10.2. The molecule has 1 N–H and O–H groups in total. The highest BCUT2D eigenvalue weighted by atomic mass is 16.4. The molecule has 1 saturated heterocycles. The number of likely N-dealkylation sites (tertiary alicyclic amines) is 1. The van der Waals surface area contributed by atoms with Crippen molar-refractivity contribution in [2.75, 3.05) is 27.2 Å². The molecular formula is C12H22N2O2. The summed E-state index contributed by atoms with van der Waals surface area (Å²) in [5, 5.41) is 9.04. The highest BCUT2D eigenvalue weighted by Crippen LogP contribution is 2.34. The summed E-state index contributed by atoms with van der Waals surface area (Å²) < 4.78 is 0. The van der Waals surface area contributed by atoms with E-state index in [0.717, 1.165) is 25.9 Å². The van der Waals surface area contributed by atoms with Gasteiger partial charge in [-0.25, -0.2) is 0 Å². The first-order chi connectivity index (χ1) is 7.59. The van der Waals surface area contributed by atoms with Crippen LogP contribution in [0.1, 0.15) is 25.7 Å². The zero-order chi connectivity index (χ0) is 11.7. The van der Waals surface area contributed by atoms with E-state index in [2.05, 4.69) is 23.9 Å². The smallest absolute Gasteiger partial charge is 0.308 e. The lowest BCUT2D eigenvalue weighted by Gasteiger charge is -2.46. The molecule has 0 radical (unpaired) electrons. The van der Waals surface area contributed by atoms with Crippen molar-refractivity contribution in [3.63, 3.8) is 0 Å². The van der Waals surface area contributed by atoms with Crippen molar-refractivity contribution in [1.82, 2.24) is 9.80 Å². The molecule has 2 rings (SSSR count). The summed E-state index contributed by atoms with van der Waals surface area (Å²) in [7, 11) is 4.26. The maximum Gasteiger partial charge on any atom is 0.308 e. The zero-order valence-electron chi connectivity index (χ0n) is 10.2. The van der Waals surface area contributed by atoms with Crippen LogP contribution in [0.15, 0.2) is 0 Å². The molecule has 0 aromatic carbocycles. The lowest BCUT2D eigenvalue weighted by molar-refractivity contribution is -0.149. The molecule has 92 valence electrons. The van der Waals surface area contributed by atoms with Crippen molar-refractivity contribution in [2.45, 2.75) is 37.8 Å². The molecule has 2 atom stereocenters. The number of rotatable bonds is 3. The summed E-state index contributed by atoms with van der Waals surface area (Å²) in [6.07, 6.45) is 4.29. The number of hydrogen-bond acceptors (Lipinski definition) is 3. The number of aliphatic carboxylic acids is 1. The molecule has 4 nitrogen and oxygen atoms in total. The van der Waals surface area contributed by atoms with Gasteiger partial charge in [-0.05, 0) is 52.9 Å². The van der Waals surface area contributed by atoms with E-state index < -0.39 is 5.97 Å². The number of piperidine rings is 1. The van der Waals surface area contributed by atoms with Crippen LogP contribution in [0.2, 0.25) is 0 Å². The first-order valence-corrected chi connectivity index (χ1v) is 6.23. The molecule has 0 spiro atoms. The average molecular weight is 226 g/mol. The average Bonchev–Trinajstić information content (AvgIpc) is 2.15. The van der Waals surface area contributed by atoms with Crippen LogP contribution in [0.5, 0.6) is 0 Å². The van der Waals surface area contributed by atoms with Gasteiger partial charge in [0, 0.05) is 12.1 Å². The Kier molecular flexibility index (Phi) is 3.50. The minimum absolute atomic E-state index is 0.101. The second kappa shape index (κ2) is 4.72.